The van der Waals surface area contributed by atoms with E-state index in [0.29, 0.717) is 38.9 Å². The Morgan fingerprint density at radius 3 is 1.29 bits per heavy atom. The molecule has 0 aliphatic rings. The number of ether oxygens (including phenoxy) is 4. The molecule has 198 valence electrons. The van der Waals surface area contributed by atoms with Gasteiger partial charge in [-0.1, -0.05) is 0 Å². The fourth-order valence-electron chi connectivity index (χ4n) is 3.70. The molecule has 6 nitrogen and oxygen atoms in total. The van der Waals surface area contributed by atoms with Crippen molar-refractivity contribution in [3.63, 3.8) is 0 Å². The summed E-state index contributed by atoms with van der Waals surface area (Å²) in [7, 11) is 2.79. The van der Waals surface area contributed by atoms with Crippen molar-refractivity contribution >= 4 is 34.6 Å². The third kappa shape index (κ3) is 7.69. The van der Waals surface area contributed by atoms with Crippen molar-refractivity contribution in [2.75, 3.05) is 27.4 Å². The number of benzene rings is 2. The van der Waals surface area contributed by atoms with Gasteiger partial charge < -0.3 is 18.9 Å². The minimum atomic E-state index is -0.219. The summed E-state index contributed by atoms with van der Waals surface area (Å²) in [5, 5.41) is 0. The summed E-state index contributed by atoms with van der Waals surface area (Å²) in [5.41, 5.74) is 2.28. The van der Waals surface area contributed by atoms with E-state index in [1.807, 2.05) is 24.3 Å². The minimum Gasteiger partial charge on any atom is -0.494 e. The number of rotatable bonds is 13. The third-order valence-corrected chi connectivity index (χ3v) is 8.24. The molecule has 2 aromatic carbocycles. The Hall–Kier alpha value is -3.62. The smallest absolute Gasteiger partial charge is 0.305 e. The molecular weight excluding hydrogens is 520 g/mol. The van der Waals surface area contributed by atoms with Gasteiger partial charge in [-0.15, -0.1) is 22.7 Å². The lowest BCUT2D eigenvalue weighted by Gasteiger charge is -2.06. The predicted octanol–water partition coefficient (Wildman–Crippen LogP) is 7.47. The van der Waals surface area contributed by atoms with Crippen LogP contribution in [0.4, 0.5) is 0 Å². The highest BCUT2D eigenvalue weighted by Gasteiger charge is 2.10. The molecule has 0 saturated carbocycles. The first kappa shape index (κ1) is 27.4. The van der Waals surface area contributed by atoms with Gasteiger partial charge in [0.15, 0.2) is 0 Å². The zero-order valence-electron chi connectivity index (χ0n) is 21.4. The molecular formula is C30H30O6S2. The summed E-state index contributed by atoms with van der Waals surface area (Å²) < 4.78 is 20.7. The third-order valence-electron chi connectivity index (χ3n) is 5.78. The molecule has 0 saturated heterocycles. The number of carbonyl (C=O) groups is 2. The van der Waals surface area contributed by atoms with Crippen LogP contribution in [0.3, 0.4) is 0 Å². The van der Waals surface area contributed by atoms with Gasteiger partial charge in [-0.05, 0) is 96.8 Å². The average Bonchev–Trinajstić information content (AvgIpc) is 3.64. The van der Waals surface area contributed by atoms with Crippen molar-refractivity contribution in [2.24, 2.45) is 0 Å². The van der Waals surface area contributed by atoms with E-state index in [1.165, 1.54) is 33.7 Å². The summed E-state index contributed by atoms with van der Waals surface area (Å²) in [4.78, 5) is 27.2. The Balaban J connectivity index is 1.31. The van der Waals surface area contributed by atoms with Crippen LogP contribution in [0.1, 0.15) is 25.7 Å². The normalized spacial score (nSPS) is 10.7. The lowest BCUT2D eigenvalue weighted by Crippen LogP contribution is -2.04. The molecule has 0 bridgehead atoms. The molecule has 0 amide bonds. The first-order chi connectivity index (χ1) is 18.6. The van der Waals surface area contributed by atoms with Crippen LogP contribution in [0.15, 0.2) is 72.8 Å². The van der Waals surface area contributed by atoms with Gasteiger partial charge in [0, 0.05) is 32.4 Å². The van der Waals surface area contributed by atoms with Crippen LogP contribution < -0.4 is 9.47 Å². The SMILES string of the molecule is COC(=O)CCCOc1ccc(-c2ccc(-c3ccc(-c4ccc(OCCCC(=O)OC)cc4)s3)s2)cc1. The first-order valence-corrected chi connectivity index (χ1v) is 14.0. The van der Waals surface area contributed by atoms with Crippen molar-refractivity contribution in [3.8, 4) is 42.1 Å². The summed E-state index contributed by atoms with van der Waals surface area (Å²) in [5.74, 6) is 1.14. The molecule has 0 aliphatic carbocycles. The Morgan fingerprint density at radius 2 is 0.921 bits per heavy atom. The highest BCUT2D eigenvalue weighted by molar-refractivity contribution is 7.25. The molecule has 38 heavy (non-hydrogen) atoms. The van der Waals surface area contributed by atoms with Crippen LogP contribution in [0.2, 0.25) is 0 Å². The van der Waals surface area contributed by atoms with Gasteiger partial charge in [-0.25, -0.2) is 0 Å². The van der Waals surface area contributed by atoms with Gasteiger partial charge in [0.2, 0.25) is 0 Å². The fourth-order valence-corrected chi connectivity index (χ4v) is 5.81. The van der Waals surface area contributed by atoms with E-state index in [2.05, 4.69) is 58.0 Å². The maximum absolute atomic E-state index is 11.2. The van der Waals surface area contributed by atoms with Crippen LogP contribution in [0.25, 0.3) is 30.6 Å². The zero-order chi connectivity index (χ0) is 26.7. The second-order valence-electron chi connectivity index (χ2n) is 8.43. The molecule has 2 heterocycles. The van der Waals surface area contributed by atoms with Crippen LogP contribution in [-0.4, -0.2) is 39.4 Å². The van der Waals surface area contributed by atoms with Crippen molar-refractivity contribution in [2.45, 2.75) is 25.7 Å². The standard InChI is InChI=1S/C30H30O6S2/c1-33-29(31)5-3-19-35-23-11-7-21(8-12-23)25-15-17-27(37-25)28-18-16-26(38-28)22-9-13-24(14-10-22)36-20-4-6-30(32)34-2/h7-18H,3-6,19-20H2,1-2H3. The van der Waals surface area contributed by atoms with E-state index in [0.717, 1.165) is 22.6 Å². The lowest BCUT2D eigenvalue weighted by molar-refractivity contribution is -0.141. The molecule has 0 radical (unpaired) electrons. The van der Waals surface area contributed by atoms with Crippen molar-refractivity contribution in [1.82, 2.24) is 0 Å². The van der Waals surface area contributed by atoms with Crippen LogP contribution in [0, 0.1) is 0 Å². The van der Waals surface area contributed by atoms with Crippen LogP contribution >= 0.6 is 22.7 Å². The number of methoxy groups -OCH3 is 2. The Bertz CT molecular complexity index is 1220. The van der Waals surface area contributed by atoms with Crippen molar-refractivity contribution in [1.29, 1.82) is 0 Å². The molecule has 8 heteroatoms. The largest absolute Gasteiger partial charge is 0.494 e. The fraction of sp³-hybridized carbons (Fsp3) is 0.267. The number of carbonyl (C=O) groups excluding carboxylic acids is 2. The quantitative estimate of drug-likeness (QED) is 0.127. The van der Waals surface area contributed by atoms with E-state index in [9.17, 15) is 9.59 Å². The first-order valence-electron chi connectivity index (χ1n) is 12.4. The predicted molar refractivity (Wildman–Crippen MR) is 152 cm³/mol. The molecule has 4 aromatic rings. The molecule has 0 aliphatic heterocycles. The number of hydrogen-bond acceptors (Lipinski definition) is 8. The Labute approximate surface area is 230 Å². The van der Waals surface area contributed by atoms with Gasteiger partial charge in [0.05, 0.1) is 27.4 Å². The topological polar surface area (TPSA) is 71.1 Å². The minimum absolute atomic E-state index is 0.219. The number of thiophene rings is 2. The van der Waals surface area contributed by atoms with Crippen molar-refractivity contribution in [3.05, 3.63) is 72.8 Å². The van der Waals surface area contributed by atoms with Gasteiger partial charge >= 0.3 is 11.9 Å². The molecule has 0 N–H and O–H groups in total. The van der Waals surface area contributed by atoms with Gasteiger partial charge in [0.1, 0.15) is 11.5 Å². The van der Waals surface area contributed by atoms with E-state index < -0.39 is 0 Å². The zero-order valence-corrected chi connectivity index (χ0v) is 23.1. The number of esters is 2. The molecule has 0 unspecified atom stereocenters. The molecule has 0 fully saturated rings. The van der Waals surface area contributed by atoms with E-state index >= 15 is 0 Å². The maximum atomic E-state index is 11.2. The summed E-state index contributed by atoms with van der Waals surface area (Å²) in [6, 6.07) is 24.7. The van der Waals surface area contributed by atoms with Gasteiger partial charge in [-0.2, -0.15) is 0 Å². The molecule has 0 atom stereocenters. The highest BCUT2D eigenvalue weighted by atomic mass is 32.1. The Kier molecular flexibility index (Phi) is 9.95. The summed E-state index contributed by atoms with van der Waals surface area (Å²) >= 11 is 3.53. The van der Waals surface area contributed by atoms with Crippen LogP contribution in [-0.2, 0) is 19.1 Å². The van der Waals surface area contributed by atoms with Crippen molar-refractivity contribution < 1.29 is 28.5 Å². The maximum Gasteiger partial charge on any atom is 0.305 e. The number of hydrogen-bond donors (Lipinski definition) is 0. The summed E-state index contributed by atoms with van der Waals surface area (Å²) in [6.45, 7) is 0.955. The van der Waals surface area contributed by atoms with Gasteiger partial charge in [0.25, 0.3) is 0 Å². The van der Waals surface area contributed by atoms with E-state index in [-0.39, 0.29) is 11.9 Å². The lowest BCUT2D eigenvalue weighted by atomic mass is 10.2. The monoisotopic (exact) mass is 550 g/mol. The Morgan fingerprint density at radius 1 is 0.553 bits per heavy atom. The molecule has 4 rings (SSSR count). The summed E-state index contributed by atoms with van der Waals surface area (Å²) in [6.07, 6.45) is 1.97. The second kappa shape index (κ2) is 13.8. The van der Waals surface area contributed by atoms with E-state index in [4.69, 9.17) is 9.47 Å². The second-order valence-corrected chi connectivity index (χ2v) is 10.6. The van der Waals surface area contributed by atoms with Gasteiger partial charge in [-0.3, -0.25) is 9.59 Å². The van der Waals surface area contributed by atoms with E-state index in [1.54, 1.807) is 22.7 Å². The highest BCUT2D eigenvalue weighted by Crippen LogP contribution is 2.40. The average molecular weight is 551 g/mol. The van der Waals surface area contributed by atoms with Crippen LogP contribution in [0.5, 0.6) is 11.5 Å². The molecule has 0 spiro atoms. The molecule has 2 aromatic heterocycles.